The van der Waals surface area contributed by atoms with E-state index in [0.717, 1.165) is 12.0 Å². The number of likely N-dealkylation sites (N-methyl/N-ethyl adjacent to an activating group) is 1. The maximum absolute atomic E-state index is 12.2. The highest BCUT2D eigenvalue weighted by atomic mass is 16.2. The summed E-state index contributed by atoms with van der Waals surface area (Å²) in [5.41, 5.74) is 1.08. The Morgan fingerprint density at radius 3 is 2.62 bits per heavy atom. The van der Waals surface area contributed by atoms with Gasteiger partial charge in [0.15, 0.2) is 0 Å². The molecule has 3 rings (SSSR count). The molecule has 2 saturated heterocycles. The van der Waals surface area contributed by atoms with E-state index in [1.165, 1.54) is 4.90 Å². The van der Waals surface area contributed by atoms with Gasteiger partial charge >= 0.3 is 0 Å². The lowest BCUT2D eigenvalue weighted by Gasteiger charge is -2.45. The average Bonchev–Trinajstić information content (AvgIpc) is 2.52. The van der Waals surface area contributed by atoms with Gasteiger partial charge in [-0.1, -0.05) is 6.92 Å². The molecule has 7 nitrogen and oxygen atoms in total. The van der Waals surface area contributed by atoms with Gasteiger partial charge in [0.1, 0.15) is 6.04 Å². The number of fused-ring (bicyclic) bond motifs is 1. The highest BCUT2D eigenvalue weighted by Gasteiger charge is 2.41. The number of nitrogens with zero attached hydrogens (tertiary/aromatic N) is 5. The summed E-state index contributed by atoms with van der Waals surface area (Å²) in [6.45, 7) is 3.89. The monoisotopic (exact) mass is 289 g/mol. The fourth-order valence-corrected chi connectivity index (χ4v) is 2.79. The zero-order chi connectivity index (χ0) is 15.0. The van der Waals surface area contributed by atoms with Crippen LogP contribution in [0.2, 0.25) is 0 Å². The number of carbonyl (C=O) groups is 2. The fraction of sp³-hybridized carbons (Fsp3) is 0.571. The summed E-state index contributed by atoms with van der Waals surface area (Å²) in [6, 6.07) is -0.417. The molecule has 0 aromatic carbocycles. The molecule has 0 N–H and O–H groups in total. The van der Waals surface area contributed by atoms with Gasteiger partial charge in [-0.2, -0.15) is 0 Å². The molecule has 2 fully saturated rings. The number of hydrogen-bond acceptors (Lipinski definition) is 5. The minimum absolute atomic E-state index is 0.00974. The molecule has 1 aromatic heterocycles. The molecule has 0 aliphatic carbocycles. The Morgan fingerprint density at radius 1 is 1.24 bits per heavy atom. The summed E-state index contributed by atoms with van der Waals surface area (Å²) >= 11 is 0. The molecule has 1 atom stereocenters. The largest absolute Gasteiger partial charge is 0.336 e. The number of carbonyl (C=O) groups excluding carboxylic acids is 2. The van der Waals surface area contributed by atoms with E-state index in [1.54, 1.807) is 11.9 Å². The van der Waals surface area contributed by atoms with E-state index in [-0.39, 0.29) is 18.4 Å². The van der Waals surface area contributed by atoms with Crippen molar-refractivity contribution in [2.75, 3.05) is 38.1 Å². The van der Waals surface area contributed by atoms with Crippen LogP contribution < -0.4 is 4.90 Å². The Labute approximate surface area is 123 Å². The number of aryl methyl sites for hydroxylation is 1. The molecule has 0 radical (unpaired) electrons. The van der Waals surface area contributed by atoms with Crippen molar-refractivity contribution >= 4 is 17.8 Å². The van der Waals surface area contributed by atoms with Gasteiger partial charge < -0.3 is 14.7 Å². The molecule has 2 aliphatic heterocycles. The van der Waals surface area contributed by atoms with E-state index >= 15 is 0 Å². The Morgan fingerprint density at radius 2 is 1.95 bits per heavy atom. The van der Waals surface area contributed by atoms with Crippen molar-refractivity contribution in [1.82, 2.24) is 19.8 Å². The molecule has 2 aliphatic rings. The Hall–Kier alpha value is -2.18. The predicted octanol–water partition coefficient (Wildman–Crippen LogP) is -0.472. The van der Waals surface area contributed by atoms with Crippen LogP contribution in [0.5, 0.6) is 0 Å². The lowest BCUT2D eigenvalue weighted by atomic mass is 10.1. The van der Waals surface area contributed by atoms with E-state index in [9.17, 15) is 9.59 Å². The number of aromatic nitrogens is 2. The molecule has 0 spiro atoms. The standard InChI is InChI=1S/C14H19N5O2/c1-3-10-6-15-14(16-7-10)18-4-5-19-11(8-18)13(21)17(2)9-12(19)20/h6-7,11H,3-5,8-9H2,1-2H3/t11-/m0/s1. The molecule has 1 aromatic rings. The summed E-state index contributed by atoms with van der Waals surface area (Å²) in [5, 5.41) is 0. The van der Waals surface area contributed by atoms with Gasteiger partial charge in [-0.3, -0.25) is 9.59 Å². The first kappa shape index (κ1) is 13.8. The Bertz CT molecular complexity index is 559. The van der Waals surface area contributed by atoms with E-state index in [4.69, 9.17) is 0 Å². The number of anilines is 1. The van der Waals surface area contributed by atoms with Crippen LogP contribution in [-0.4, -0.2) is 70.9 Å². The van der Waals surface area contributed by atoms with Gasteiger partial charge in [0.25, 0.3) is 0 Å². The van der Waals surface area contributed by atoms with E-state index in [2.05, 4.69) is 16.9 Å². The molecule has 21 heavy (non-hydrogen) atoms. The van der Waals surface area contributed by atoms with Crippen molar-refractivity contribution in [3.05, 3.63) is 18.0 Å². The SMILES string of the molecule is CCc1cnc(N2CCN3C(=O)CN(C)C(=O)[C@@H]3C2)nc1. The van der Waals surface area contributed by atoms with E-state index < -0.39 is 6.04 Å². The highest BCUT2D eigenvalue weighted by Crippen LogP contribution is 2.20. The van der Waals surface area contributed by atoms with Crippen LogP contribution >= 0.6 is 0 Å². The van der Waals surface area contributed by atoms with Crippen LogP contribution in [0.4, 0.5) is 5.95 Å². The lowest BCUT2D eigenvalue weighted by Crippen LogP contribution is -2.66. The lowest BCUT2D eigenvalue weighted by molar-refractivity contribution is -0.154. The molecule has 0 bridgehead atoms. The summed E-state index contributed by atoms with van der Waals surface area (Å²) in [7, 11) is 1.67. The van der Waals surface area contributed by atoms with Gasteiger partial charge in [-0.05, 0) is 12.0 Å². The first-order chi connectivity index (χ1) is 10.1. The van der Waals surface area contributed by atoms with Gasteiger partial charge in [0.05, 0.1) is 13.1 Å². The summed E-state index contributed by atoms with van der Waals surface area (Å²) < 4.78 is 0. The summed E-state index contributed by atoms with van der Waals surface area (Å²) in [5.74, 6) is 0.633. The van der Waals surface area contributed by atoms with Crippen LogP contribution in [-0.2, 0) is 16.0 Å². The molecule has 7 heteroatoms. The molecule has 0 unspecified atom stereocenters. The van der Waals surface area contributed by atoms with Gasteiger partial charge in [-0.15, -0.1) is 0 Å². The third-order valence-electron chi connectivity index (χ3n) is 4.12. The Kier molecular flexibility index (Phi) is 3.48. The maximum atomic E-state index is 12.2. The van der Waals surface area contributed by atoms with Crippen LogP contribution in [0.3, 0.4) is 0 Å². The third kappa shape index (κ3) is 2.43. The summed E-state index contributed by atoms with van der Waals surface area (Å²) in [6.07, 6.45) is 4.53. The van der Waals surface area contributed by atoms with Crippen LogP contribution in [0.1, 0.15) is 12.5 Å². The van der Waals surface area contributed by atoms with Gasteiger partial charge in [0, 0.05) is 32.5 Å². The minimum atomic E-state index is -0.417. The van der Waals surface area contributed by atoms with Crippen molar-refractivity contribution in [3.8, 4) is 0 Å². The van der Waals surface area contributed by atoms with Gasteiger partial charge in [0.2, 0.25) is 17.8 Å². The second-order valence-corrected chi connectivity index (χ2v) is 5.49. The van der Waals surface area contributed by atoms with Crippen molar-refractivity contribution < 1.29 is 9.59 Å². The molecular formula is C14H19N5O2. The van der Waals surface area contributed by atoms with Crippen LogP contribution in [0.15, 0.2) is 12.4 Å². The van der Waals surface area contributed by atoms with E-state index in [0.29, 0.717) is 25.6 Å². The van der Waals surface area contributed by atoms with Crippen LogP contribution in [0.25, 0.3) is 0 Å². The molecular weight excluding hydrogens is 270 g/mol. The zero-order valence-corrected chi connectivity index (χ0v) is 12.3. The third-order valence-corrected chi connectivity index (χ3v) is 4.12. The molecule has 112 valence electrons. The number of amides is 2. The van der Waals surface area contributed by atoms with Crippen molar-refractivity contribution in [2.24, 2.45) is 0 Å². The van der Waals surface area contributed by atoms with Crippen molar-refractivity contribution in [2.45, 2.75) is 19.4 Å². The first-order valence-electron chi connectivity index (χ1n) is 7.20. The second-order valence-electron chi connectivity index (χ2n) is 5.49. The van der Waals surface area contributed by atoms with Gasteiger partial charge in [-0.25, -0.2) is 9.97 Å². The molecule has 3 heterocycles. The second kappa shape index (κ2) is 5.31. The number of hydrogen-bond donors (Lipinski definition) is 0. The smallest absolute Gasteiger partial charge is 0.247 e. The number of rotatable bonds is 2. The highest BCUT2D eigenvalue weighted by molar-refractivity contribution is 5.95. The predicted molar refractivity (Wildman–Crippen MR) is 76.8 cm³/mol. The normalized spacial score (nSPS) is 22.6. The quantitative estimate of drug-likeness (QED) is 0.736. The number of piperazine rings is 2. The van der Waals surface area contributed by atoms with Crippen molar-refractivity contribution in [3.63, 3.8) is 0 Å². The molecule has 2 amide bonds. The summed E-state index contributed by atoms with van der Waals surface area (Å²) in [4.78, 5) is 38.1. The van der Waals surface area contributed by atoms with Crippen LogP contribution in [0, 0.1) is 0 Å². The molecule has 0 saturated carbocycles. The average molecular weight is 289 g/mol. The topological polar surface area (TPSA) is 69.6 Å². The Balaban J connectivity index is 1.78. The van der Waals surface area contributed by atoms with Crippen molar-refractivity contribution in [1.29, 1.82) is 0 Å². The minimum Gasteiger partial charge on any atom is -0.336 e. The van der Waals surface area contributed by atoms with E-state index in [1.807, 2.05) is 17.3 Å². The zero-order valence-electron chi connectivity index (χ0n) is 12.3. The first-order valence-corrected chi connectivity index (χ1v) is 7.20. The fourth-order valence-electron chi connectivity index (χ4n) is 2.79. The maximum Gasteiger partial charge on any atom is 0.247 e.